The molecule has 0 aliphatic heterocycles. The van der Waals surface area contributed by atoms with Gasteiger partial charge in [-0.15, -0.1) is 11.3 Å². The standard InChI is InChI=1S/C17H33N3S/c1-8-10-18-11-14-15(13(3)9-2)19-16(21-14)20(7)12-17(4,5)6/h13,18H,8-12H2,1-7H3. The van der Waals surface area contributed by atoms with E-state index in [1.165, 1.54) is 17.0 Å². The Hall–Kier alpha value is -0.610. The Morgan fingerprint density at radius 1 is 1.29 bits per heavy atom. The Balaban J connectivity index is 2.90. The summed E-state index contributed by atoms with van der Waals surface area (Å²) in [6.45, 7) is 16.6. The highest BCUT2D eigenvalue weighted by molar-refractivity contribution is 7.15. The summed E-state index contributed by atoms with van der Waals surface area (Å²) in [4.78, 5) is 8.66. The van der Waals surface area contributed by atoms with Crippen molar-refractivity contribution in [1.29, 1.82) is 0 Å². The highest BCUT2D eigenvalue weighted by Crippen LogP contribution is 2.32. The van der Waals surface area contributed by atoms with E-state index in [1.807, 2.05) is 11.3 Å². The zero-order valence-electron chi connectivity index (χ0n) is 14.9. The van der Waals surface area contributed by atoms with Crippen molar-refractivity contribution in [3.8, 4) is 0 Å². The minimum atomic E-state index is 0.289. The molecule has 1 unspecified atom stereocenters. The molecule has 0 saturated carbocycles. The lowest BCUT2D eigenvalue weighted by Gasteiger charge is -2.26. The maximum atomic E-state index is 4.95. The van der Waals surface area contributed by atoms with Crippen LogP contribution in [-0.2, 0) is 6.54 Å². The molecule has 1 aromatic rings. The third-order valence-electron chi connectivity index (χ3n) is 3.55. The molecule has 0 saturated heterocycles. The van der Waals surface area contributed by atoms with E-state index in [0.29, 0.717) is 5.92 Å². The number of rotatable bonds is 8. The van der Waals surface area contributed by atoms with E-state index in [2.05, 4.69) is 58.8 Å². The second-order valence-corrected chi connectivity index (χ2v) is 8.27. The second-order valence-electron chi connectivity index (χ2n) is 7.21. The Kier molecular flexibility index (Phi) is 7.14. The first-order chi connectivity index (χ1) is 9.78. The van der Waals surface area contributed by atoms with Gasteiger partial charge in [-0.25, -0.2) is 4.98 Å². The van der Waals surface area contributed by atoms with Crippen LogP contribution in [0.4, 0.5) is 5.13 Å². The zero-order chi connectivity index (χ0) is 16.0. The van der Waals surface area contributed by atoms with Crippen LogP contribution in [0.1, 0.15) is 70.9 Å². The van der Waals surface area contributed by atoms with Gasteiger partial charge in [0.1, 0.15) is 0 Å². The summed E-state index contributed by atoms with van der Waals surface area (Å²) >= 11 is 1.85. The molecule has 1 atom stereocenters. The first kappa shape index (κ1) is 18.4. The largest absolute Gasteiger partial charge is 0.351 e. The van der Waals surface area contributed by atoms with Gasteiger partial charge in [-0.05, 0) is 30.7 Å². The van der Waals surface area contributed by atoms with E-state index in [0.717, 1.165) is 31.2 Å². The number of anilines is 1. The topological polar surface area (TPSA) is 28.2 Å². The van der Waals surface area contributed by atoms with E-state index < -0.39 is 0 Å². The fraction of sp³-hybridized carbons (Fsp3) is 0.824. The predicted octanol–water partition coefficient (Wildman–Crippen LogP) is 4.64. The van der Waals surface area contributed by atoms with Crippen LogP contribution in [0, 0.1) is 5.41 Å². The van der Waals surface area contributed by atoms with Gasteiger partial charge in [-0.3, -0.25) is 0 Å². The SMILES string of the molecule is CCCNCc1sc(N(C)CC(C)(C)C)nc1C(C)CC. The highest BCUT2D eigenvalue weighted by Gasteiger charge is 2.20. The molecule has 122 valence electrons. The lowest BCUT2D eigenvalue weighted by Crippen LogP contribution is -2.28. The molecule has 1 rings (SSSR count). The van der Waals surface area contributed by atoms with Crippen LogP contribution in [0.5, 0.6) is 0 Å². The third-order valence-corrected chi connectivity index (χ3v) is 4.73. The molecular formula is C17H33N3S. The minimum absolute atomic E-state index is 0.289. The first-order valence-corrected chi connectivity index (χ1v) is 9.01. The summed E-state index contributed by atoms with van der Waals surface area (Å²) in [5.74, 6) is 0.538. The third kappa shape index (κ3) is 5.95. The van der Waals surface area contributed by atoms with Gasteiger partial charge in [0.15, 0.2) is 5.13 Å². The number of thiazole rings is 1. The van der Waals surface area contributed by atoms with Gasteiger partial charge in [-0.2, -0.15) is 0 Å². The van der Waals surface area contributed by atoms with Crippen molar-refractivity contribution in [2.75, 3.05) is 25.0 Å². The van der Waals surface area contributed by atoms with Crippen LogP contribution in [0.3, 0.4) is 0 Å². The fourth-order valence-electron chi connectivity index (χ4n) is 2.38. The second kappa shape index (κ2) is 8.14. The minimum Gasteiger partial charge on any atom is -0.351 e. The van der Waals surface area contributed by atoms with Crippen molar-refractivity contribution in [3.63, 3.8) is 0 Å². The fourth-order valence-corrected chi connectivity index (χ4v) is 3.49. The summed E-state index contributed by atoms with van der Waals surface area (Å²) in [5.41, 5.74) is 1.58. The molecule has 1 heterocycles. The molecule has 4 heteroatoms. The van der Waals surface area contributed by atoms with Crippen molar-refractivity contribution in [2.24, 2.45) is 5.41 Å². The van der Waals surface area contributed by atoms with E-state index in [4.69, 9.17) is 4.98 Å². The summed E-state index contributed by atoms with van der Waals surface area (Å²) in [6, 6.07) is 0. The Labute approximate surface area is 135 Å². The quantitative estimate of drug-likeness (QED) is 0.709. The molecule has 0 aliphatic carbocycles. The first-order valence-electron chi connectivity index (χ1n) is 8.20. The van der Waals surface area contributed by atoms with Crippen LogP contribution < -0.4 is 10.2 Å². The molecule has 0 amide bonds. The van der Waals surface area contributed by atoms with Crippen molar-refractivity contribution < 1.29 is 0 Å². The van der Waals surface area contributed by atoms with Crippen molar-refractivity contribution in [1.82, 2.24) is 10.3 Å². The molecule has 21 heavy (non-hydrogen) atoms. The predicted molar refractivity (Wildman–Crippen MR) is 95.5 cm³/mol. The number of aromatic nitrogens is 1. The van der Waals surface area contributed by atoms with Crippen LogP contribution in [-0.4, -0.2) is 25.1 Å². The molecule has 0 bridgehead atoms. The Morgan fingerprint density at radius 2 is 1.95 bits per heavy atom. The number of nitrogens with zero attached hydrogens (tertiary/aromatic N) is 2. The number of hydrogen-bond donors (Lipinski definition) is 1. The van der Waals surface area contributed by atoms with Gasteiger partial charge in [0.2, 0.25) is 0 Å². The summed E-state index contributed by atoms with van der Waals surface area (Å²) in [6.07, 6.45) is 2.32. The smallest absolute Gasteiger partial charge is 0.185 e. The lowest BCUT2D eigenvalue weighted by molar-refractivity contribution is 0.418. The zero-order valence-corrected chi connectivity index (χ0v) is 15.7. The summed E-state index contributed by atoms with van der Waals surface area (Å²) in [7, 11) is 2.16. The lowest BCUT2D eigenvalue weighted by atomic mass is 9.96. The molecule has 0 radical (unpaired) electrons. The van der Waals surface area contributed by atoms with Gasteiger partial charge in [0.05, 0.1) is 5.69 Å². The van der Waals surface area contributed by atoms with Gasteiger partial charge in [-0.1, -0.05) is 41.5 Å². The average molecular weight is 312 g/mol. The van der Waals surface area contributed by atoms with Crippen LogP contribution >= 0.6 is 11.3 Å². The number of hydrogen-bond acceptors (Lipinski definition) is 4. The van der Waals surface area contributed by atoms with E-state index in [1.54, 1.807) is 0 Å². The molecule has 1 N–H and O–H groups in total. The molecule has 3 nitrogen and oxygen atoms in total. The monoisotopic (exact) mass is 311 g/mol. The maximum absolute atomic E-state index is 4.95. The van der Waals surface area contributed by atoms with Crippen LogP contribution in [0.25, 0.3) is 0 Å². The molecule has 1 aromatic heterocycles. The van der Waals surface area contributed by atoms with Gasteiger partial charge in [0, 0.05) is 25.0 Å². The molecule has 0 fully saturated rings. The van der Waals surface area contributed by atoms with Gasteiger partial charge in [0.25, 0.3) is 0 Å². The Morgan fingerprint density at radius 3 is 2.48 bits per heavy atom. The van der Waals surface area contributed by atoms with Crippen LogP contribution in [0.15, 0.2) is 0 Å². The van der Waals surface area contributed by atoms with Crippen molar-refractivity contribution in [2.45, 2.75) is 66.8 Å². The van der Waals surface area contributed by atoms with E-state index in [9.17, 15) is 0 Å². The summed E-state index contributed by atoms with van der Waals surface area (Å²) < 4.78 is 0. The maximum Gasteiger partial charge on any atom is 0.185 e. The van der Waals surface area contributed by atoms with Gasteiger partial charge >= 0.3 is 0 Å². The van der Waals surface area contributed by atoms with Crippen molar-refractivity contribution >= 4 is 16.5 Å². The molecular weight excluding hydrogens is 278 g/mol. The van der Waals surface area contributed by atoms with Crippen molar-refractivity contribution in [3.05, 3.63) is 10.6 Å². The normalized spacial score (nSPS) is 13.5. The van der Waals surface area contributed by atoms with E-state index >= 15 is 0 Å². The number of nitrogens with one attached hydrogen (secondary N) is 1. The highest BCUT2D eigenvalue weighted by atomic mass is 32.1. The average Bonchev–Trinajstić information content (AvgIpc) is 2.80. The van der Waals surface area contributed by atoms with Gasteiger partial charge < -0.3 is 10.2 Å². The Bertz CT molecular complexity index is 420. The molecule has 0 spiro atoms. The molecule has 0 aliphatic rings. The van der Waals surface area contributed by atoms with Crippen LogP contribution in [0.2, 0.25) is 0 Å². The summed E-state index contributed by atoms with van der Waals surface area (Å²) in [5, 5.41) is 4.68. The van der Waals surface area contributed by atoms with E-state index in [-0.39, 0.29) is 5.41 Å². The molecule has 0 aromatic carbocycles.